The number of rotatable bonds is 6. The number of nitrogens with one attached hydrogen (secondary N) is 1. The van der Waals surface area contributed by atoms with Crippen LogP contribution in [0.3, 0.4) is 0 Å². The summed E-state index contributed by atoms with van der Waals surface area (Å²) in [5.74, 6) is -0.158. The molecule has 0 aliphatic carbocycles. The van der Waals surface area contributed by atoms with E-state index in [1.807, 2.05) is 45.0 Å². The van der Waals surface area contributed by atoms with Gasteiger partial charge in [0.05, 0.1) is 7.11 Å². The van der Waals surface area contributed by atoms with Crippen LogP contribution < -0.4 is 10.1 Å². The van der Waals surface area contributed by atoms with Gasteiger partial charge in [-0.1, -0.05) is 38.1 Å². The Bertz CT molecular complexity index is 739. The second-order valence-corrected chi connectivity index (χ2v) is 6.08. The lowest BCUT2D eigenvalue weighted by Gasteiger charge is -2.17. The van der Waals surface area contributed by atoms with Crippen LogP contribution in [0.4, 0.5) is 0 Å². The van der Waals surface area contributed by atoms with Crippen LogP contribution in [-0.2, 0) is 9.53 Å². The molecule has 24 heavy (non-hydrogen) atoms. The Morgan fingerprint density at radius 2 is 1.71 bits per heavy atom. The van der Waals surface area contributed by atoms with Crippen molar-refractivity contribution in [3.05, 3.63) is 42.0 Å². The van der Waals surface area contributed by atoms with Crippen LogP contribution in [0.5, 0.6) is 5.75 Å². The Morgan fingerprint density at radius 3 is 2.29 bits per heavy atom. The summed E-state index contributed by atoms with van der Waals surface area (Å²) in [5.41, 5.74) is 0.306. The predicted octanol–water partition coefficient (Wildman–Crippen LogP) is 3.17. The summed E-state index contributed by atoms with van der Waals surface area (Å²) >= 11 is 0. The second-order valence-electron chi connectivity index (χ2n) is 6.08. The second kappa shape index (κ2) is 7.81. The molecule has 2 rings (SSSR count). The molecule has 2 aromatic carbocycles. The van der Waals surface area contributed by atoms with E-state index in [-0.39, 0.29) is 18.6 Å². The summed E-state index contributed by atoms with van der Waals surface area (Å²) < 4.78 is 10.4. The summed E-state index contributed by atoms with van der Waals surface area (Å²) in [6, 6.07) is 11.2. The number of methoxy groups -OCH3 is 1. The number of fused-ring (bicyclic) bond motifs is 1. The van der Waals surface area contributed by atoms with Crippen molar-refractivity contribution in [3.8, 4) is 5.75 Å². The SMILES string of the molecule is COc1cc2ccccc2cc1C(=O)OCC(=O)N[C@@H](C)C(C)C. The van der Waals surface area contributed by atoms with Crippen LogP contribution in [0.25, 0.3) is 10.8 Å². The van der Waals surface area contributed by atoms with Crippen molar-refractivity contribution in [1.82, 2.24) is 5.32 Å². The van der Waals surface area contributed by atoms with E-state index in [2.05, 4.69) is 5.32 Å². The van der Waals surface area contributed by atoms with Crippen molar-refractivity contribution < 1.29 is 19.1 Å². The molecule has 0 saturated heterocycles. The summed E-state index contributed by atoms with van der Waals surface area (Å²) in [7, 11) is 1.50. The Balaban J connectivity index is 2.09. The maximum Gasteiger partial charge on any atom is 0.342 e. The molecule has 1 N–H and O–H groups in total. The van der Waals surface area contributed by atoms with Crippen molar-refractivity contribution in [2.45, 2.75) is 26.8 Å². The van der Waals surface area contributed by atoms with E-state index in [0.717, 1.165) is 10.8 Å². The lowest BCUT2D eigenvalue weighted by molar-refractivity contribution is -0.125. The summed E-state index contributed by atoms with van der Waals surface area (Å²) in [4.78, 5) is 24.2. The molecule has 0 radical (unpaired) electrons. The van der Waals surface area contributed by atoms with Gasteiger partial charge in [0.1, 0.15) is 11.3 Å². The molecule has 0 aliphatic heterocycles. The van der Waals surface area contributed by atoms with E-state index in [4.69, 9.17) is 9.47 Å². The highest BCUT2D eigenvalue weighted by Crippen LogP contribution is 2.26. The van der Waals surface area contributed by atoms with Gasteiger partial charge < -0.3 is 14.8 Å². The van der Waals surface area contributed by atoms with Gasteiger partial charge in [0.25, 0.3) is 5.91 Å². The largest absolute Gasteiger partial charge is 0.496 e. The zero-order chi connectivity index (χ0) is 17.7. The maximum atomic E-state index is 12.3. The number of hydrogen-bond donors (Lipinski definition) is 1. The van der Waals surface area contributed by atoms with E-state index in [0.29, 0.717) is 17.2 Å². The highest BCUT2D eigenvalue weighted by molar-refractivity contribution is 5.99. The summed E-state index contributed by atoms with van der Waals surface area (Å²) in [6.07, 6.45) is 0. The zero-order valence-electron chi connectivity index (χ0n) is 14.5. The number of benzene rings is 2. The lowest BCUT2D eigenvalue weighted by Crippen LogP contribution is -2.38. The molecule has 1 amide bonds. The Hall–Kier alpha value is -2.56. The van der Waals surface area contributed by atoms with Crippen molar-refractivity contribution in [1.29, 1.82) is 0 Å². The topological polar surface area (TPSA) is 64.6 Å². The van der Waals surface area contributed by atoms with Gasteiger partial charge in [-0.2, -0.15) is 0 Å². The molecule has 5 nitrogen and oxygen atoms in total. The monoisotopic (exact) mass is 329 g/mol. The molecule has 0 fully saturated rings. The highest BCUT2D eigenvalue weighted by atomic mass is 16.5. The molecule has 0 spiro atoms. The Labute approximate surface area is 141 Å². The van der Waals surface area contributed by atoms with Crippen molar-refractivity contribution >= 4 is 22.6 Å². The first kappa shape index (κ1) is 17.8. The van der Waals surface area contributed by atoms with E-state index >= 15 is 0 Å². The third-order valence-corrected chi connectivity index (χ3v) is 4.01. The Morgan fingerprint density at radius 1 is 1.08 bits per heavy atom. The van der Waals surface area contributed by atoms with Gasteiger partial charge in [0.2, 0.25) is 0 Å². The normalized spacial score (nSPS) is 12.0. The first-order chi connectivity index (χ1) is 11.4. The van der Waals surface area contributed by atoms with Crippen molar-refractivity contribution in [3.63, 3.8) is 0 Å². The molecule has 0 aromatic heterocycles. The number of amides is 1. The van der Waals surface area contributed by atoms with Gasteiger partial charge in [-0.25, -0.2) is 4.79 Å². The first-order valence-corrected chi connectivity index (χ1v) is 7.95. The third kappa shape index (κ3) is 4.25. The van der Waals surface area contributed by atoms with E-state index in [1.165, 1.54) is 7.11 Å². The summed E-state index contributed by atoms with van der Waals surface area (Å²) in [5, 5.41) is 4.67. The van der Waals surface area contributed by atoms with Crippen LogP contribution >= 0.6 is 0 Å². The fraction of sp³-hybridized carbons (Fsp3) is 0.368. The minimum Gasteiger partial charge on any atom is -0.496 e. The van der Waals surface area contributed by atoms with Gasteiger partial charge in [0.15, 0.2) is 6.61 Å². The Kier molecular flexibility index (Phi) is 5.79. The van der Waals surface area contributed by atoms with Crippen LogP contribution in [0, 0.1) is 5.92 Å². The van der Waals surface area contributed by atoms with Crippen molar-refractivity contribution in [2.24, 2.45) is 5.92 Å². The van der Waals surface area contributed by atoms with Crippen LogP contribution in [0.15, 0.2) is 36.4 Å². The molecular weight excluding hydrogens is 306 g/mol. The van der Waals surface area contributed by atoms with Gasteiger partial charge in [0, 0.05) is 6.04 Å². The lowest BCUT2D eigenvalue weighted by atomic mass is 10.1. The highest BCUT2D eigenvalue weighted by Gasteiger charge is 2.17. The van der Waals surface area contributed by atoms with Gasteiger partial charge >= 0.3 is 5.97 Å². The minimum atomic E-state index is -0.579. The zero-order valence-corrected chi connectivity index (χ0v) is 14.5. The van der Waals surface area contributed by atoms with E-state index < -0.39 is 5.97 Å². The smallest absolute Gasteiger partial charge is 0.342 e. The number of esters is 1. The number of carbonyl (C=O) groups is 2. The first-order valence-electron chi connectivity index (χ1n) is 7.95. The van der Waals surface area contributed by atoms with Crippen molar-refractivity contribution in [2.75, 3.05) is 13.7 Å². The molecule has 0 unspecified atom stereocenters. The molecule has 128 valence electrons. The predicted molar refractivity (Wildman–Crippen MR) is 93.2 cm³/mol. The molecule has 0 aliphatic rings. The maximum absolute atomic E-state index is 12.3. The molecule has 0 heterocycles. The average Bonchev–Trinajstić information content (AvgIpc) is 2.58. The molecule has 0 bridgehead atoms. The molecular formula is C19H23NO4. The molecule has 2 aromatic rings. The van der Waals surface area contributed by atoms with Crippen LogP contribution in [0.2, 0.25) is 0 Å². The van der Waals surface area contributed by atoms with Gasteiger partial charge in [-0.3, -0.25) is 4.79 Å². The van der Waals surface area contributed by atoms with Gasteiger partial charge in [-0.15, -0.1) is 0 Å². The fourth-order valence-corrected chi connectivity index (χ4v) is 2.22. The molecule has 1 atom stereocenters. The van der Waals surface area contributed by atoms with E-state index in [1.54, 1.807) is 12.1 Å². The van der Waals surface area contributed by atoms with Crippen LogP contribution in [-0.4, -0.2) is 31.6 Å². The average molecular weight is 329 g/mol. The molecule has 5 heteroatoms. The number of hydrogen-bond acceptors (Lipinski definition) is 4. The quantitative estimate of drug-likeness (QED) is 0.827. The third-order valence-electron chi connectivity index (χ3n) is 4.01. The number of ether oxygens (including phenoxy) is 2. The summed E-state index contributed by atoms with van der Waals surface area (Å²) in [6.45, 7) is 5.62. The fourth-order valence-electron chi connectivity index (χ4n) is 2.22. The standard InChI is InChI=1S/C19H23NO4/c1-12(2)13(3)20-18(21)11-24-19(22)16-9-14-7-5-6-8-15(14)10-17(16)23-4/h5-10,12-13H,11H2,1-4H3,(H,20,21)/t13-/m0/s1. The van der Waals surface area contributed by atoms with E-state index in [9.17, 15) is 9.59 Å². The number of carbonyl (C=O) groups excluding carboxylic acids is 2. The minimum absolute atomic E-state index is 0.0198. The van der Waals surface area contributed by atoms with Crippen LogP contribution in [0.1, 0.15) is 31.1 Å². The molecule has 0 saturated carbocycles. The van der Waals surface area contributed by atoms with Gasteiger partial charge in [-0.05, 0) is 35.7 Å².